The number of rotatable bonds is 10. The van der Waals surface area contributed by atoms with E-state index in [4.69, 9.17) is 4.98 Å². The molecule has 1 heterocycles. The fraction of sp³-hybridized carbons (Fsp3) is 0.406. The molecule has 4 rings (SSSR count). The molecule has 0 bridgehead atoms. The van der Waals surface area contributed by atoms with Crippen LogP contribution in [0.1, 0.15) is 87.5 Å². The van der Waals surface area contributed by atoms with Crippen molar-refractivity contribution < 1.29 is 0 Å². The van der Waals surface area contributed by atoms with Gasteiger partial charge in [0, 0.05) is 5.75 Å². The number of aromatic nitrogens is 1. The highest BCUT2D eigenvalue weighted by molar-refractivity contribution is 8.00. The van der Waals surface area contributed by atoms with E-state index in [0.29, 0.717) is 17.3 Å². The van der Waals surface area contributed by atoms with Gasteiger partial charge in [-0.15, -0.1) is 11.3 Å². The highest BCUT2D eigenvalue weighted by Crippen LogP contribution is 2.38. The first kappa shape index (κ1) is 26.0. The summed E-state index contributed by atoms with van der Waals surface area (Å²) >= 11 is 3.64. The third kappa shape index (κ3) is 7.44. The van der Waals surface area contributed by atoms with Gasteiger partial charge in [-0.05, 0) is 78.7 Å². The van der Waals surface area contributed by atoms with Gasteiger partial charge in [0.2, 0.25) is 0 Å². The average Bonchev–Trinajstić information content (AvgIpc) is 3.26. The maximum Gasteiger partial charge on any atom is 0.151 e. The minimum Gasteiger partial charge on any atom is -0.230 e. The number of aryl methyl sites for hydroxylation is 1. The van der Waals surface area contributed by atoms with Crippen LogP contribution in [-0.2, 0) is 5.75 Å². The second-order valence-corrected chi connectivity index (χ2v) is 13.3. The molecule has 0 N–H and O–H groups in total. The molecule has 0 fully saturated rings. The van der Waals surface area contributed by atoms with Crippen LogP contribution in [0.15, 0.2) is 77.1 Å². The lowest BCUT2D eigenvalue weighted by Gasteiger charge is -2.28. The Morgan fingerprint density at radius 2 is 1.46 bits per heavy atom. The van der Waals surface area contributed by atoms with Crippen molar-refractivity contribution in [3.05, 3.63) is 95.1 Å². The summed E-state index contributed by atoms with van der Waals surface area (Å²) < 4.78 is 2.42. The summed E-state index contributed by atoms with van der Waals surface area (Å²) in [6.45, 7) is 11.6. The van der Waals surface area contributed by atoms with E-state index in [2.05, 4.69) is 107 Å². The third-order valence-corrected chi connectivity index (χ3v) is 9.10. The summed E-state index contributed by atoms with van der Waals surface area (Å²) in [5, 5.41) is 0. The van der Waals surface area contributed by atoms with Gasteiger partial charge >= 0.3 is 0 Å². The molecular formula is C32H39NS2. The van der Waals surface area contributed by atoms with Crippen LogP contribution in [0.25, 0.3) is 10.2 Å². The lowest BCUT2D eigenvalue weighted by molar-refractivity contribution is 0.323. The van der Waals surface area contributed by atoms with E-state index < -0.39 is 0 Å². The number of thioether (sulfide) groups is 1. The maximum absolute atomic E-state index is 4.77. The van der Waals surface area contributed by atoms with Gasteiger partial charge in [-0.25, -0.2) is 4.98 Å². The standard InChI is InChI=1S/C32H39NS2/c1-6-25(26-15-11-23(2)12-16-26)19-20-28(21-32(3,4)5)27-17-13-24(14-18-27)22-34-31-33-29-9-7-8-10-30(29)35-31/h7-18,25,28H,6,19-22H2,1-5H3. The lowest BCUT2D eigenvalue weighted by atomic mass is 9.77. The molecule has 3 aromatic carbocycles. The Kier molecular flexibility index (Phi) is 8.73. The number of nitrogens with zero attached hydrogens (tertiary/aromatic N) is 1. The van der Waals surface area contributed by atoms with Crippen LogP contribution in [0, 0.1) is 12.3 Å². The molecule has 0 aliphatic heterocycles. The minimum atomic E-state index is 0.317. The molecule has 0 radical (unpaired) electrons. The van der Waals surface area contributed by atoms with Gasteiger partial charge in [-0.2, -0.15) is 0 Å². The SMILES string of the molecule is CCC(CCC(CC(C)(C)C)c1ccc(CSc2nc3ccccc3s2)cc1)c1ccc(C)cc1. The third-order valence-electron chi connectivity index (χ3n) is 6.85. The predicted molar refractivity (Wildman–Crippen MR) is 156 cm³/mol. The summed E-state index contributed by atoms with van der Waals surface area (Å²) in [6, 6.07) is 27.0. The van der Waals surface area contributed by atoms with E-state index in [1.807, 2.05) is 11.8 Å². The maximum atomic E-state index is 4.77. The molecule has 3 heteroatoms. The molecule has 1 aromatic heterocycles. The Balaban J connectivity index is 1.41. The van der Waals surface area contributed by atoms with E-state index in [0.717, 1.165) is 15.6 Å². The van der Waals surface area contributed by atoms with Crippen molar-refractivity contribution in [3.8, 4) is 0 Å². The normalized spacial score (nSPS) is 13.7. The van der Waals surface area contributed by atoms with Crippen LogP contribution in [0.3, 0.4) is 0 Å². The Bertz CT molecular complexity index is 1170. The zero-order valence-corrected chi connectivity index (χ0v) is 23.5. The molecule has 0 spiro atoms. The van der Waals surface area contributed by atoms with Gasteiger partial charge < -0.3 is 0 Å². The number of para-hydroxylation sites is 1. The summed E-state index contributed by atoms with van der Waals surface area (Å²) in [6.07, 6.45) is 4.91. The number of hydrogen-bond donors (Lipinski definition) is 0. The van der Waals surface area contributed by atoms with E-state index >= 15 is 0 Å². The van der Waals surface area contributed by atoms with Crippen LogP contribution in [-0.4, -0.2) is 4.98 Å². The van der Waals surface area contributed by atoms with E-state index in [9.17, 15) is 0 Å². The van der Waals surface area contributed by atoms with Crippen LogP contribution >= 0.6 is 23.1 Å². The first-order chi connectivity index (χ1) is 16.8. The molecular weight excluding hydrogens is 462 g/mol. The molecule has 0 aliphatic carbocycles. The van der Waals surface area contributed by atoms with Crippen LogP contribution in [0.5, 0.6) is 0 Å². The van der Waals surface area contributed by atoms with Crippen molar-refractivity contribution in [2.45, 2.75) is 82.2 Å². The van der Waals surface area contributed by atoms with Crippen molar-refractivity contribution in [1.29, 1.82) is 0 Å². The zero-order chi connectivity index (χ0) is 24.8. The fourth-order valence-electron chi connectivity index (χ4n) is 4.92. The molecule has 35 heavy (non-hydrogen) atoms. The van der Waals surface area contributed by atoms with Gasteiger partial charge in [-0.3, -0.25) is 0 Å². The molecule has 0 aliphatic rings. The van der Waals surface area contributed by atoms with Crippen molar-refractivity contribution in [1.82, 2.24) is 4.98 Å². The van der Waals surface area contributed by atoms with Crippen LogP contribution < -0.4 is 0 Å². The Morgan fingerprint density at radius 3 is 2.11 bits per heavy atom. The Morgan fingerprint density at radius 1 is 0.829 bits per heavy atom. The molecule has 2 atom stereocenters. The summed E-state index contributed by atoms with van der Waals surface area (Å²) in [4.78, 5) is 4.77. The highest BCUT2D eigenvalue weighted by atomic mass is 32.2. The van der Waals surface area contributed by atoms with Gasteiger partial charge in [-0.1, -0.05) is 106 Å². The molecule has 2 unspecified atom stereocenters. The zero-order valence-electron chi connectivity index (χ0n) is 21.9. The molecule has 184 valence electrons. The van der Waals surface area contributed by atoms with Crippen LogP contribution in [0.4, 0.5) is 0 Å². The topological polar surface area (TPSA) is 12.9 Å². The lowest BCUT2D eigenvalue weighted by Crippen LogP contribution is -2.13. The monoisotopic (exact) mass is 501 g/mol. The first-order valence-electron chi connectivity index (χ1n) is 12.9. The number of hydrogen-bond acceptors (Lipinski definition) is 3. The van der Waals surface area contributed by atoms with Crippen LogP contribution in [0.2, 0.25) is 0 Å². The van der Waals surface area contributed by atoms with E-state index in [-0.39, 0.29) is 0 Å². The van der Waals surface area contributed by atoms with Crippen molar-refractivity contribution in [3.63, 3.8) is 0 Å². The summed E-state index contributed by atoms with van der Waals surface area (Å²) in [7, 11) is 0. The van der Waals surface area contributed by atoms with Crippen molar-refractivity contribution in [2.75, 3.05) is 0 Å². The van der Waals surface area contributed by atoms with Gasteiger partial charge in [0.05, 0.1) is 10.2 Å². The Labute approximate surface area is 220 Å². The molecule has 4 aromatic rings. The molecule has 0 amide bonds. The molecule has 1 nitrogen and oxygen atoms in total. The average molecular weight is 502 g/mol. The minimum absolute atomic E-state index is 0.317. The number of benzene rings is 3. The molecule has 0 saturated heterocycles. The summed E-state index contributed by atoms with van der Waals surface area (Å²) in [5.41, 5.74) is 7.13. The van der Waals surface area contributed by atoms with Crippen molar-refractivity contribution >= 4 is 33.3 Å². The second kappa shape index (κ2) is 11.8. The van der Waals surface area contributed by atoms with Gasteiger partial charge in [0.15, 0.2) is 4.34 Å². The van der Waals surface area contributed by atoms with E-state index in [1.165, 1.54) is 52.6 Å². The largest absolute Gasteiger partial charge is 0.230 e. The predicted octanol–water partition coefficient (Wildman–Crippen LogP) is 10.4. The van der Waals surface area contributed by atoms with Crippen molar-refractivity contribution in [2.24, 2.45) is 5.41 Å². The Hall–Kier alpha value is -2.10. The summed E-state index contributed by atoms with van der Waals surface area (Å²) in [5.74, 6) is 2.21. The number of fused-ring (bicyclic) bond motifs is 1. The van der Waals surface area contributed by atoms with Gasteiger partial charge in [0.1, 0.15) is 0 Å². The van der Waals surface area contributed by atoms with E-state index in [1.54, 1.807) is 11.3 Å². The second-order valence-electron chi connectivity index (χ2n) is 11.0. The fourth-order valence-corrected chi connectivity index (χ4v) is 6.94. The highest BCUT2D eigenvalue weighted by Gasteiger charge is 2.22. The first-order valence-corrected chi connectivity index (χ1v) is 14.7. The smallest absolute Gasteiger partial charge is 0.151 e. The molecule has 0 saturated carbocycles. The van der Waals surface area contributed by atoms with Gasteiger partial charge in [0.25, 0.3) is 0 Å². The quantitative estimate of drug-likeness (QED) is 0.200. The number of thiazole rings is 1.